The Morgan fingerprint density at radius 3 is 1.84 bits per heavy atom. The van der Waals surface area contributed by atoms with Crippen molar-refractivity contribution >= 4 is 32.7 Å². The number of rotatable bonds is 28. The molecule has 2 N–H and O–H groups in total. The lowest BCUT2D eigenvalue weighted by Crippen LogP contribution is -2.43. The summed E-state index contributed by atoms with van der Waals surface area (Å²) >= 11 is 0. The first-order chi connectivity index (χ1) is 33.7. The van der Waals surface area contributed by atoms with Crippen molar-refractivity contribution in [3.05, 3.63) is 101 Å². The fourth-order valence-corrected chi connectivity index (χ4v) is 8.74. The van der Waals surface area contributed by atoms with Gasteiger partial charge in [-0.05, 0) is 89.1 Å². The number of hydrogen-bond acceptors (Lipinski definition) is 15. The largest absolute Gasteiger partial charge is 0.491 e. The van der Waals surface area contributed by atoms with E-state index in [1.807, 2.05) is 33.8 Å². The summed E-state index contributed by atoms with van der Waals surface area (Å²) in [6.07, 6.45) is 4.46. The number of aromatic nitrogens is 2. The summed E-state index contributed by atoms with van der Waals surface area (Å²) in [5.74, 6) is 1.50. The summed E-state index contributed by atoms with van der Waals surface area (Å²) in [5, 5.41) is 0.426. The van der Waals surface area contributed by atoms with Gasteiger partial charge in [0.15, 0.2) is 0 Å². The number of nitrogens with two attached hydrogens (primary N) is 1. The lowest BCUT2D eigenvalue weighted by molar-refractivity contribution is -0.0402. The number of hydrogen-bond donors (Lipinski definition) is 1. The maximum absolute atomic E-state index is 13.7. The summed E-state index contributed by atoms with van der Waals surface area (Å²) in [5.41, 5.74) is 7.80. The molecule has 1 aliphatic rings. The third-order valence-electron chi connectivity index (χ3n) is 10.9. The molecule has 1 aliphatic heterocycles. The summed E-state index contributed by atoms with van der Waals surface area (Å²) in [4.78, 5) is 27.5. The van der Waals surface area contributed by atoms with E-state index in [1.165, 1.54) is 22.9 Å². The van der Waals surface area contributed by atoms with Gasteiger partial charge in [-0.2, -0.15) is 0 Å². The van der Waals surface area contributed by atoms with Crippen LogP contribution in [0.1, 0.15) is 39.2 Å². The number of nitrogen functional groups attached to an aromatic ring is 1. The minimum absolute atomic E-state index is 0.00856. The third-order valence-corrected chi connectivity index (χ3v) is 12.6. The highest BCUT2D eigenvalue weighted by atomic mass is 32.2. The minimum Gasteiger partial charge on any atom is -0.491 e. The van der Waals surface area contributed by atoms with E-state index in [2.05, 4.69) is 0 Å². The monoisotopic (exact) mass is 992 g/mol. The number of pyridine rings is 1. The Morgan fingerprint density at radius 2 is 1.26 bits per heavy atom. The van der Waals surface area contributed by atoms with Crippen LogP contribution in [-0.2, 0) is 55.0 Å². The predicted octanol–water partition coefficient (Wildman–Crippen LogP) is 6.82. The molecule has 0 radical (unpaired) electrons. The SMILES string of the molecule is Cc1ccc(S(=O)(=O)n2ccc3c(-c4cc(N)ccc4Oc4cccc(OCCOCCOCCOCCOCCOCCOCCOC5CCN(C(=O)OC(C)(C)C)CC5)c4)cn(C)c(=O)c32)cc1. The van der Waals surface area contributed by atoms with Crippen molar-refractivity contribution in [1.29, 1.82) is 0 Å². The molecule has 0 atom stereocenters. The van der Waals surface area contributed by atoms with Gasteiger partial charge < -0.3 is 62.6 Å². The number of carbonyl (C=O) groups excluding carboxylic acids is 1. The molecule has 70 heavy (non-hydrogen) atoms. The van der Waals surface area contributed by atoms with Crippen LogP contribution in [0.25, 0.3) is 22.0 Å². The zero-order chi connectivity index (χ0) is 49.9. The number of aryl methyl sites for hydroxylation is 2. The van der Waals surface area contributed by atoms with Crippen LogP contribution in [0.4, 0.5) is 10.5 Å². The van der Waals surface area contributed by atoms with Crippen molar-refractivity contribution in [2.75, 3.05) is 111 Å². The fourth-order valence-electron chi connectivity index (χ4n) is 7.40. The maximum Gasteiger partial charge on any atom is 0.410 e. The quantitative estimate of drug-likeness (QED) is 0.0404. The van der Waals surface area contributed by atoms with Gasteiger partial charge in [-0.3, -0.25) is 4.79 Å². The zero-order valence-corrected chi connectivity index (χ0v) is 41.7. The summed E-state index contributed by atoms with van der Waals surface area (Å²) in [6.45, 7) is 14.8. The Balaban J connectivity index is 0.793. The average molecular weight is 993 g/mol. The standard InChI is InChI=1S/C51H68N4O14S/c1-38-9-12-43(13-10-38)70(58,59)55-20-17-44-46(37-53(5)49(56)48(44)55)45-35-39(52)11-14-47(45)68-42-8-6-7-41(36-42)67-34-32-65-30-28-63-26-24-61-22-21-60-23-25-62-27-29-64-31-33-66-40-15-18-54(19-16-40)50(57)69-51(2,3)4/h6-14,17,20,35-37,40H,15-16,18-19,21-34,52H2,1-5H3. The lowest BCUT2D eigenvalue weighted by Gasteiger charge is -2.33. The molecule has 3 aromatic carbocycles. The third kappa shape index (κ3) is 16.3. The number of anilines is 1. The van der Waals surface area contributed by atoms with Crippen LogP contribution in [0.3, 0.4) is 0 Å². The number of nitrogens with zero attached hydrogens (tertiary/aromatic N) is 3. The van der Waals surface area contributed by atoms with Crippen LogP contribution in [0.2, 0.25) is 0 Å². The Labute approximate surface area is 410 Å². The Bertz CT molecular complexity index is 2590. The first kappa shape index (κ1) is 53.8. The summed E-state index contributed by atoms with van der Waals surface area (Å²) < 4.78 is 87.1. The molecule has 1 amide bonds. The first-order valence-electron chi connectivity index (χ1n) is 23.6. The molecule has 18 nitrogen and oxygen atoms in total. The molecule has 19 heteroatoms. The number of benzene rings is 3. The molecule has 0 unspecified atom stereocenters. The van der Waals surface area contributed by atoms with E-state index in [0.29, 0.717) is 145 Å². The fraction of sp³-hybridized carbons (Fsp3) is 0.490. The van der Waals surface area contributed by atoms with Crippen molar-refractivity contribution in [2.24, 2.45) is 7.05 Å². The van der Waals surface area contributed by atoms with Crippen LogP contribution in [-0.4, -0.2) is 145 Å². The number of ether oxygens (including phenoxy) is 10. The molecule has 0 saturated carbocycles. The highest BCUT2D eigenvalue weighted by molar-refractivity contribution is 7.90. The lowest BCUT2D eigenvalue weighted by atomic mass is 10.0. The van der Waals surface area contributed by atoms with Gasteiger partial charge in [0.25, 0.3) is 15.6 Å². The number of carbonyl (C=O) groups is 1. The van der Waals surface area contributed by atoms with E-state index < -0.39 is 21.2 Å². The van der Waals surface area contributed by atoms with Gasteiger partial charge in [0.05, 0.1) is 96.9 Å². The van der Waals surface area contributed by atoms with E-state index in [4.69, 9.17) is 53.1 Å². The van der Waals surface area contributed by atoms with Crippen LogP contribution >= 0.6 is 0 Å². The number of fused-ring (bicyclic) bond motifs is 1. The van der Waals surface area contributed by atoms with Gasteiger partial charge in [-0.25, -0.2) is 17.2 Å². The van der Waals surface area contributed by atoms with Crippen LogP contribution < -0.4 is 20.8 Å². The van der Waals surface area contributed by atoms with E-state index in [0.717, 1.165) is 22.4 Å². The van der Waals surface area contributed by atoms with Gasteiger partial charge in [-0.15, -0.1) is 0 Å². The Morgan fingerprint density at radius 1 is 0.700 bits per heavy atom. The highest BCUT2D eigenvalue weighted by Crippen LogP contribution is 2.39. The van der Waals surface area contributed by atoms with Gasteiger partial charge in [0.1, 0.15) is 35.0 Å². The molecule has 5 aromatic rings. The van der Waals surface area contributed by atoms with Crippen LogP contribution in [0, 0.1) is 6.92 Å². The predicted molar refractivity (Wildman–Crippen MR) is 264 cm³/mol. The Kier molecular flexibility index (Phi) is 20.5. The van der Waals surface area contributed by atoms with Crippen molar-refractivity contribution in [1.82, 2.24) is 13.4 Å². The smallest absolute Gasteiger partial charge is 0.410 e. The second-order valence-corrected chi connectivity index (χ2v) is 19.4. The molecule has 1 saturated heterocycles. The molecule has 6 rings (SSSR count). The van der Waals surface area contributed by atoms with E-state index in [1.54, 1.807) is 72.7 Å². The Hall–Kier alpha value is -5.51. The number of piperidine rings is 1. The molecule has 1 fully saturated rings. The van der Waals surface area contributed by atoms with Crippen molar-refractivity contribution in [3.63, 3.8) is 0 Å². The van der Waals surface area contributed by atoms with Gasteiger partial charge >= 0.3 is 6.09 Å². The molecule has 2 aromatic heterocycles. The van der Waals surface area contributed by atoms with Crippen LogP contribution in [0.15, 0.2) is 94.9 Å². The van der Waals surface area contributed by atoms with E-state index >= 15 is 0 Å². The van der Waals surface area contributed by atoms with Crippen molar-refractivity contribution in [2.45, 2.75) is 57.1 Å². The average Bonchev–Trinajstić information content (AvgIpc) is 3.79. The second-order valence-electron chi connectivity index (χ2n) is 17.5. The molecular weight excluding hydrogens is 925 g/mol. The van der Waals surface area contributed by atoms with Gasteiger partial charge in [0.2, 0.25) is 0 Å². The maximum atomic E-state index is 13.7. The topological polar surface area (TPSA) is 200 Å². The molecule has 0 spiro atoms. The minimum atomic E-state index is -4.08. The first-order valence-corrected chi connectivity index (χ1v) is 25.0. The summed E-state index contributed by atoms with van der Waals surface area (Å²) in [6, 6.07) is 20.4. The zero-order valence-electron chi connectivity index (χ0n) is 40.9. The van der Waals surface area contributed by atoms with Crippen molar-refractivity contribution in [3.8, 4) is 28.4 Å². The normalized spacial score (nSPS) is 13.5. The van der Waals surface area contributed by atoms with E-state index in [9.17, 15) is 18.0 Å². The highest BCUT2D eigenvalue weighted by Gasteiger charge is 2.28. The molecule has 382 valence electrons. The number of likely N-dealkylation sites (tertiary alicyclic amines) is 1. The van der Waals surface area contributed by atoms with Crippen molar-refractivity contribution < 1.29 is 60.6 Å². The summed E-state index contributed by atoms with van der Waals surface area (Å²) in [7, 11) is -2.51. The van der Waals surface area contributed by atoms with Gasteiger partial charge in [-0.1, -0.05) is 23.8 Å². The van der Waals surface area contributed by atoms with Gasteiger partial charge in [0, 0.05) is 60.8 Å². The van der Waals surface area contributed by atoms with Crippen LogP contribution in [0.5, 0.6) is 17.2 Å². The van der Waals surface area contributed by atoms with E-state index in [-0.39, 0.29) is 22.6 Å². The molecular formula is C51H68N4O14S. The second kappa shape index (κ2) is 26.6. The molecule has 3 heterocycles. The molecule has 0 bridgehead atoms. The molecule has 0 aliphatic carbocycles. The number of amides is 1.